The van der Waals surface area contributed by atoms with Gasteiger partial charge in [-0.15, -0.1) is 0 Å². The second-order valence-corrected chi connectivity index (χ2v) is 3.75. The normalized spacial score (nSPS) is 10.3. The second kappa shape index (κ2) is 4.91. The molecule has 94 valence electrons. The molecule has 0 spiro atoms. The van der Waals surface area contributed by atoms with Crippen molar-refractivity contribution in [1.82, 2.24) is 4.98 Å². The fourth-order valence-electron chi connectivity index (χ4n) is 1.80. The largest absolute Gasteiger partial charge is 0.462 e. The predicted octanol–water partition coefficient (Wildman–Crippen LogP) is 1.75. The van der Waals surface area contributed by atoms with Crippen molar-refractivity contribution in [3.63, 3.8) is 0 Å². The van der Waals surface area contributed by atoms with Crippen molar-refractivity contribution in [2.45, 2.75) is 6.92 Å². The zero-order valence-corrected chi connectivity index (χ0v) is 10.2. The maximum Gasteiger partial charge on any atom is 0.343 e. The molecule has 18 heavy (non-hydrogen) atoms. The molecule has 1 heterocycles. The number of benzene rings is 1. The minimum atomic E-state index is -0.601. The Morgan fingerprint density at radius 1 is 1.44 bits per heavy atom. The number of ether oxygens (including phenoxy) is 1. The SMILES string of the molecule is CCOC(=O)c1cc2cccc(NC)c2[nH]c1=O. The average molecular weight is 246 g/mol. The molecule has 1 aromatic heterocycles. The molecule has 1 aromatic carbocycles. The van der Waals surface area contributed by atoms with E-state index in [1.54, 1.807) is 20.0 Å². The number of para-hydroxylation sites is 1. The molecule has 0 unspecified atom stereocenters. The van der Waals surface area contributed by atoms with Gasteiger partial charge in [0.2, 0.25) is 0 Å². The van der Waals surface area contributed by atoms with Crippen LogP contribution in [-0.2, 0) is 4.74 Å². The van der Waals surface area contributed by atoms with Crippen LogP contribution in [0.1, 0.15) is 17.3 Å². The summed E-state index contributed by atoms with van der Waals surface area (Å²) in [5, 5.41) is 3.77. The van der Waals surface area contributed by atoms with E-state index < -0.39 is 11.5 Å². The molecule has 0 aliphatic heterocycles. The van der Waals surface area contributed by atoms with Gasteiger partial charge in [0.15, 0.2) is 0 Å². The number of aromatic amines is 1. The van der Waals surface area contributed by atoms with Crippen LogP contribution in [0.4, 0.5) is 5.69 Å². The van der Waals surface area contributed by atoms with Crippen LogP contribution in [0.3, 0.4) is 0 Å². The van der Waals surface area contributed by atoms with Gasteiger partial charge in [0, 0.05) is 12.4 Å². The fourth-order valence-corrected chi connectivity index (χ4v) is 1.80. The van der Waals surface area contributed by atoms with Gasteiger partial charge >= 0.3 is 5.97 Å². The Balaban J connectivity index is 2.63. The monoisotopic (exact) mass is 246 g/mol. The maximum absolute atomic E-state index is 11.8. The zero-order chi connectivity index (χ0) is 13.1. The Bertz CT molecular complexity index is 646. The maximum atomic E-state index is 11.8. The van der Waals surface area contributed by atoms with Crippen LogP contribution in [-0.4, -0.2) is 24.6 Å². The number of anilines is 1. The van der Waals surface area contributed by atoms with E-state index >= 15 is 0 Å². The summed E-state index contributed by atoms with van der Waals surface area (Å²) in [4.78, 5) is 26.1. The van der Waals surface area contributed by atoms with Crippen LogP contribution >= 0.6 is 0 Å². The standard InChI is InChI=1S/C13H14N2O3/c1-3-18-13(17)9-7-8-5-4-6-10(14-2)11(8)15-12(9)16/h4-7,14H,3H2,1-2H3,(H,15,16). The van der Waals surface area contributed by atoms with Crippen LogP contribution in [0.5, 0.6) is 0 Å². The minimum absolute atomic E-state index is 0.0256. The molecule has 2 aromatic rings. The lowest BCUT2D eigenvalue weighted by atomic mass is 10.1. The number of carbonyl (C=O) groups is 1. The fraction of sp³-hybridized carbons (Fsp3) is 0.231. The van der Waals surface area contributed by atoms with Crippen molar-refractivity contribution in [2.24, 2.45) is 0 Å². The van der Waals surface area contributed by atoms with Crippen LogP contribution in [0.2, 0.25) is 0 Å². The van der Waals surface area contributed by atoms with Crippen molar-refractivity contribution in [3.8, 4) is 0 Å². The van der Waals surface area contributed by atoms with E-state index in [0.717, 1.165) is 11.1 Å². The molecule has 0 fully saturated rings. The third-order valence-corrected chi connectivity index (χ3v) is 2.64. The smallest absolute Gasteiger partial charge is 0.343 e. The molecule has 2 N–H and O–H groups in total. The number of hydrogen-bond donors (Lipinski definition) is 2. The van der Waals surface area contributed by atoms with Gasteiger partial charge in [0.1, 0.15) is 5.56 Å². The average Bonchev–Trinajstić information content (AvgIpc) is 2.37. The molecule has 0 aliphatic carbocycles. The summed E-state index contributed by atoms with van der Waals surface area (Å²) in [7, 11) is 1.77. The molecule has 0 aliphatic rings. The highest BCUT2D eigenvalue weighted by Crippen LogP contribution is 2.20. The van der Waals surface area contributed by atoms with Gasteiger partial charge in [-0.3, -0.25) is 4.79 Å². The van der Waals surface area contributed by atoms with Gasteiger partial charge in [-0.05, 0) is 19.1 Å². The number of rotatable bonds is 3. The first-order valence-electron chi connectivity index (χ1n) is 5.68. The second-order valence-electron chi connectivity index (χ2n) is 3.75. The molecule has 0 amide bonds. The van der Waals surface area contributed by atoms with E-state index in [-0.39, 0.29) is 12.2 Å². The van der Waals surface area contributed by atoms with Gasteiger partial charge in [-0.25, -0.2) is 4.79 Å². The van der Waals surface area contributed by atoms with Crippen molar-refractivity contribution in [3.05, 3.63) is 40.2 Å². The summed E-state index contributed by atoms with van der Waals surface area (Å²) in [5.74, 6) is -0.601. The Morgan fingerprint density at radius 2 is 2.22 bits per heavy atom. The van der Waals surface area contributed by atoms with E-state index in [4.69, 9.17) is 4.74 Å². The van der Waals surface area contributed by atoms with E-state index in [0.29, 0.717) is 5.52 Å². The first-order chi connectivity index (χ1) is 8.67. The Labute approximate surface area is 104 Å². The lowest BCUT2D eigenvalue weighted by Gasteiger charge is -2.07. The first-order valence-corrected chi connectivity index (χ1v) is 5.68. The predicted molar refractivity (Wildman–Crippen MR) is 70.1 cm³/mol. The van der Waals surface area contributed by atoms with Gasteiger partial charge < -0.3 is 15.0 Å². The number of carbonyl (C=O) groups excluding carboxylic acids is 1. The molecule has 5 heteroatoms. The summed E-state index contributed by atoms with van der Waals surface area (Å²) in [5.41, 5.74) is 1.07. The molecule has 0 saturated carbocycles. The number of H-pyrrole nitrogens is 1. The summed E-state index contributed by atoms with van der Waals surface area (Å²) >= 11 is 0. The van der Waals surface area contributed by atoms with Gasteiger partial charge in [-0.1, -0.05) is 12.1 Å². The Kier molecular flexibility index (Phi) is 3.32. The minimum Gasteiger partial charge on any atom is -0.462 e. The molecule has 0 radical (unpaired) electrons. The summed E-state index contributed by atoms with van der Waals surface area (Å²) < 4.78 is 4.84. The molecule has 2 rings (SSSR count). The van der Waals surface area contributed by atoms with Crippen molar-refractivity contribution >= 4 is 22.6 Å². The molecule has 0 atom stereocenters. The lowest BCUT2D eigenvalue weighted by molar-refractivity contribution is 0.0524. The van der Waals surface area contributed by atoms with Gasteiger partial charge in [0.05, 0.1) is 17.8 Å². The number of nitrogens with one attached hydrogen (secondary N) is 2. The van der Waals surface area contributed by atoms with Crippen LogP contribution < -0.4 is 10.9 Å². The van der Waals surface area contributed by atoms with Crippen LogP contribution in [0.15, 0.2) is 29.1 Å². The van der Waals surface area contributed by atoms with E-state index in [2.05, 4.69) is 10.3 Å². The zero-order valence-electron chi connectivity index (χ0n) is 10.2. The Morgan fingerprint density at radius 3 is 2.89 bits per heavy atom. The lowest BCUT2D eigenvalue weighted by Crippen LogP contribution is -2.19. The van der Waals surface area contributed by atoms with E-state index in [1.165, 1.54) is 0 Å². The Hall–Kier alpha value is -2.30. The number of esters is 1. The highest BCUT2D eigenvalue weighted by Gasteiger charge is 2.13. The molecular weight excluding hydrogens is 232 g/mol. The first kappa shape index (κ1) is 12.2. The van der Waals surface area contributed by atoms with E-state index in [9.17, 15) is 9.59 Å². The van der Waals surface area contributed by atoms with Gasteiger partial charge in [-0.2, -0.15) is 0 Å². The van der Waals surface area contributed by atoms with Crippen molar-refractivity contribution in [1.29, 1.82) is 0 Å². The summed E-state index contributed by atoms with van der Waals surface area (Å²) in [6.45, 7) is 1.94. The highest BCUT2D eigenvalue weighted by molar-refractivity contribution is 5.96. The van der Waals surface area contributed by atoms with Crippen molar-refractivity contribution < 1.29 is 9.53 Å². The molecular formula is C13H14N2O3. The topological polar surface area (TPSA) is 71.2 Å². The quantitative estimate of drug-likeness (QED) is 0.809. The van der Waals surface area contributed by atoms with Crippen molar-refractivity contribution in [2.75, 3.05) is 19.0 Å². The third-order valence-electron chi connectivity index (χ3n) is 2.64. The van der Waals surface area contributed by atoms with Crippen LogP contribution in [0.25, 0.3) is 10.9 Å². The van der Waals surface area contributed by atoms with Gasteiger partial charge in [0.25, 0.3) is 5.56 Å². The highest BCUT2D eigenvalue weighted by atomic mass is 16.5. The molecule has 5 nitrogen and oxygen atoms in total. The number of fused-ring (bicyclic) bond motifs is 1. The molecule has 0 saturated heterocycles. The number of pyridine rings is 1. The van der Waals surface area contributed by atoms with E-state index in [1.807, 2.05) is 18.2 Å². The third kappa shape index (κ3) is 2.07. The summed E-state index contributed by atoms with van der Waals surface area (Å²) in [6.07, 6.45) is 0. The summed E-state index contributed by atoms with van der Waals surface area (Å²) in [6, 6.07) is 7.07. The molecule has 0 bridgehead atoms. The van der Waals surface area contributed by atoms with Crippen LogP contribution in [0, 0.1) is 0 Å². The number of hydrogen-bond acceptors (Lipinski definition) is 4. The number of aromatic nitrogens is 1.